The first-order chi connectivity index (χ1) is 21.7. The lowest BCUT2D eigenvalue weighted by molar-refractivity contribution is -0.131. The molecule has 238 valence electrons. The average molecular weight is 637 g/mol. The number of benzene rings is 2. The average Bonchev–Trinajstić information content (AvgIpc) is 3.04. The first kappa shape index (κ1) is 30.8. The Kier molecular flexibility index (Phi) is 9.22. The van der Waals surface area contributed by atoms with Crippen molar-refractivity contribution in [3.8, 4) is 11.5 Å². The number of nitrogens with zero attached hydrogens (tertiary/aromatic N) is 5. The predicted octanol–water partition coefficient (Wildman–Crippen LogP) is 4.13. The van der Waals surface area contributed by atoms with Crippen molar-refractivity contribution in [2.75, 3.05) is 44.6 Å². The zero-order valence-electron chi connectivity index (χ0n) is 25.1. The van der Waals surface area contributed by atoms with Gasteiger partial charge in [0.2, 0.25) is 5.91 Å². The van der Waals surface area contributed by atoms with Crippen LogP contribution in [0.3, 0.4) is 0 Å². The maximum absolute atomic E-state index is 13.5. The first-order valence-corrected chi connectivity index (χ1v) is 15.8. The Morgan fingerprint density at radius 3 is 2.58 bits per heavy atom. The maximum Gasteiger partial charge on any atom is 0.350 e. The van der Waals surface area contributed by atoms with E-state index in [9.17, 15) is 14.0 Å². The molecule has 2 fully saturated rings. The van der Waals surface area contributed by atoms with Crippen molar-refractivity contribution < 1.29 is 13.9 Å². The van der Waals surface area contributed by atoms with E-state index in [1.807, 2.05) is 11.0 Å². The molecule has 1 amide bonds. The van der Waals surface area contributed by atoms with Crippen LogP contribution in [0.15, 0.2) is 52.4 Å². The van der Waals surface area contributed by atoms with Gasteiger partial charge in [-0.25, -0.2) is 9.18 Å². The Labute approximate surface area is 266 Å². The molecule has 0 unspecified atom stereocenters. The SMILES string of the molecule is NC(N)=NCCCN1CCC(n2cc3c(nc2=O)Nc2cc(C4CCN(C(=O)Cc5ccc(F)c(Cl)c5)CC4)ccc2O3)CC1. The maximum atomic E-state index is 13.5. The lowest BCUT2D eigenvalue weighted by Crippen LogP contribution is -2.39. The number of nitrogens with one attached hydrogen (secondary N) is 1. The fraction of sp³-hybridized carbons (Fsp3) is 0.438. The Bertz CT molecular complexity index is 1640. The molecular formula is C32H38ClFN8O3. The van der Waals surface area contributed by atoms with Crippen molar-refractivity contribution in [3.63, 3.8) is 0 Å². The number of nitrogens with two attached hydrogens (primary N) is 2. The number of aromatic nitrogens is 2. The van der Waals surface area contributed by atoms with Crippen LogP contribution in [0.25, 0.3) is 0 Å². The van der Waals surface area contributed by atoms with E-state index in [0.717, 1.165) is 63.0 Å². The Balaban J connectivity index is 1.04. The molecule has 0 atom stereocenters. The van der Waals surface area contributed by atoms with E-state index in [2.05, 4.69) is 32.3 Å². The standard InChI is InChI=1S/C32H38ClFN8O3/c33-24-16-20(2-4-25(24)34)17-29(43)41-14-6-21(7-15-41)22-3-5-27-26(18-22)38-30-28(45-27)19-42(32(44)39-30)23-8-12-40(13-9-23)11-1-10-37-31(35)36/h2-5,16,18-19,21,23H,1,6-15,17H2,(H4,35,36,37)(H,38,39,44). The number of likely N-dealkylation sites (tertiary alicyclic amines) is 2. The Hall–Kier alpha value is -4.16. The molecule has 0 spiro atoms. The number of anilines is 2. The van der Waals surface area contributed by atoms with Crippen molar-refractivity contribution in [2.45, 2.75) is 50.5 Å². The summed E-state index contributed by atoms with van der Waals surface area (Å²) in [4.78, 5) is 38.5. The lowest BCUT2D eigenvalue weighted by atomic mass is 9.88. The van der Waals surface area contributed by atoms with Gasteiger partial charge in [-0.2, -0.15) is 4.98 Å². The summed E-state index contributed by atoms with van der Waals surface area (Å²) in [6, 6.07) is 10.5. The number of carbonyl (C=O) groups excluding carboxylic acids is 1. The summed E-state index contributed by atoms with van der Waals surface area (Å²) in [5.74, 6) is 1.54. The van der Waals surface area contributed by atoms with E-state index >= 15 is 0 Å². The van der Waals surface area contributed by atoms with E-state index in [1.54, 1.807) is 16.8 Å². The van der Waals surface area contributed by atoms with Gasteiger partial charge in [-0.3, -0.25) is 14.4 Å². The molecule has 2 saturated heterocycles. The number of hydrogen-bond donors (Lipinski definition) is 3. The van der Waals surface area contributed by atoms with Gasteiger partial charge in [0, 0.05) is 38.8 Å². The highest BCUT2D eigenvalue weighted by Crippen LogP contribution is 2.43. The quantitative estimate of drug-likeness (QED) is 0.149. The van der Waals surface area contributed by atoms with Crippen molar-refractivity contribution in [2.24, 2.45) is 16.5 Å². The molecule has 3 aliphatic rings. The zero-order valence-corrected chi connectivity index (χ0v) is 25.8. The summed E-state index contributed by atoms with van der Waals surface area (Å²) >= 11 is 5.88. The van der Waals surface area contributed by atoms with Crippen LogP contribution in [0, 0.1) is 5.82 Å². The number of carbonyl (C=O) groups is 1. The van der Waals surface area contributed by atoms with Gasteiger partial charge in [0.05, 0.1) is 23.3 Å². The molecule has 4 heterocycles. The number of hydrogen-bond acceptors (Lipinski definition) is 7. The third kappa shape index (κ3) is 7.23. The van der Waals surface area contributed by atoms with E-state index in [4.69, 9.17) is 27.8 Å². The number of fused-ring (bicyclic) bond motifs is 2. The Morgan fingerprint density at radius 1 is 1.07 bits per heavy atom. The van der Waals surface area contributed by atoms with Crippen LogP contribution in [0.4, 0.5) is 15.9 Å². The predicted molar refractivity (Wildman–Crippen MR) is 172 cm³/mol. The van der Waals surface area contributed by atoms with Crippen LogP contribution in [0.1, 0.15) is 55.2 Å². The summed E-state index contributed by atoms with van der Waals surface area (Å²) < 4.78 is 21.4. The van der Waals surface area contributed by atoms with Gasteiger partial charge in [0.1, 0.15) is 5.82 Å². The highest BCUT2D eigenvalue weighted by molar-refractivity contribution is 6.30. The molecule has 11 nitrogen and oxygen atoms in total. The normalized spacial score (nSPS) is 17.2. The van der Waals surface area contributed by atoms with Gasteiger partial charge in [-0.05, 0) is 80.0 Å². The summed E-state index contributed by atoms with van der Waals surface area (Å²) in [5, 5.41) is 3.33. The molecule has 2 aromatic carbocycles. The van der Waals surface area contributed by atoms with Crippen LogP contribution < -0.4 is 27.2 Å². The highest BCUT2D eigenvalue weighted by Gasteiger charge is 2.28. The molecule has 0 aliphatic carbocycles. The van der Waals surface area contributed by atoms with Crippen molar-refractivity contribution in [1.82, 2.24) is 19.4 Å². The first-order valence-electron chi connectivity index (χ1n) is 15.4. The molecule has 3 aliphatic heterocycles. The monoisotopic (exact) mass is 636 g/mol. The second-order valence-electron chi connectivity index (χ2n) is 11.9. The molecule has 6 rings (SSSR count). The molecule has 0 saturated carbocycles. The number of rotatable bonds is 8. The van der Waals surface area contributed by atoms with Crippen LogP contribution in [-0.2, 0) is 11.2 Å². The van der Waals surface area contributed by atoms with E-state index in [-0.39, 0.29) is 41.0 Å². The number of ether oxygens (including phenoxy) is 1. The van der Waals surface area contributed by atoms with E-state index in [0.29, 0.717) is 42.5 Å². The second-order valence-corrected chi connectivity index (χ2v) is 12.3. The molecule has 5 N–H and O–H groups in total. The van der Waals surface area contributed by atoms with Crippen LogP contribution >= 0.6 is 11.6 Å². The third-order valence-electron chi connectivity index (χ3n) is 8.93. The summed E-state index contributed by atoms with van der Waals surface area (Å²) in [6.07, 6.45) is 6.20. The van der Waals surface area contributed by atoms with Crippen LogP contribution in [-0.4, -0.2) is 70.5 Å². The molecule has 3 aromatic rings. The van der Waals surface area contributed by atoms with Gasteiger partial charge >= 0.3 is 5.69 Å². The summed E-state index contributed by atoms with van der Waals surface area (Å²) in [5.41, 5.74) is 13.1. The topological polar surface area (TPSA) is 144 Å². The second kappa shape index (κ2) is 13.5. The fourth-order valence-corrected chi connectivity index (χ4v) is 6.64. The number of amides is 1. The molecule has 1 aromatic heterocycles. The van der Waals surface area contributed by atoms with E-state index in [1.165, 1.54) is 12.1 Å². The van der Waals surface area contributed by atoms with Crippen molar-refractivity contribution >= 4 is 35.0 Å². The minimum absolute atomic E-state index is 0.00930. The van der Waals surface area contributed by atoms with Gasteiger partial charge < -0.3 is 31.3 Å². The van der Waals surface area contributed by atoms with Crippen molar-refractivity contribution in [3.05, 3.63) is 75.0 Å². The Morgan fingerprint density at radius 2 is 1.84 bits per heavy atom. The van der Waals surface area contributed by atoms with Gasteiger partial charge in [-0.1, -0.05) is 23.7 Å². The van der Waals surface area contributed by atoms with Crippen LogP contribution in [0.5, 0.6) is 11.5 Å². The molecule has 13 heteroatoms. The van der Waals surface area contributed by atoms with Gasteiger partial charge in [0.25, 0.3) is 0 Å². The number of guanidine groups is 1. The van der Waals surface area contributed by atoms with Gasteiger partial charge in [0.15, 0.2) is 23.3 Å². The molecule has 0 radical (unpaired) electrons. The molecular weight excluding hydrogens is 599 g/mol. The van der Waals surface area contributed by atoms with E-state index < -0.39 is 5.82 Å². The van der Waals surface area contributed by atoms with Crippen molar-refractivity contribution in [1.29, 1.82) is 0 Å². The molecule has 0 bridgehead atoms. The number of aliphatic imine (C=N–C) groups is 1. The summed E-state index contributed by atoms with van der Waals surface area (Å²) in [7, 11) is 0. The fourth-order valence-electron chi connectivity index (χ4n) is 6.43. The van der Waals surface area contributed by atoms with Gasteiger partial charge in [-0.15, -0.1) is 0 Å². The lowest BCUT2D eigenvalue weighted by Gasteiger charge is -2.33. The third-order valence-corrected chi connectivity index (χ3v) is 9.22. The minimum Gasteiger partial charge on any atom is -0.450 e. The zero-order chi connectivity index (χ0) is 31.5. The van der Waals surface area contributed by atoms with Crippen LogP contribution in [0.2, 0.25) is 5.02 Å². The summed E-state index contributed by atoms with van der Waals surface area (Å²) in [6.45, 7) is 4.58. The molecule has 45 heavy (non-hydrogen) atoms. The minimum atomic E-state index is -0.490. The highest BCUT2D eigenvalue weighted by atomic mass is 35.5. The number of piperidine rings is 2. The largest absolute Gasteiger partial charge is 0.450 e. The number of halogens is 2. The smallest absolute Gasteiger partial charge is 0.350 e.